The van der Waals surface area contributed by atoms with Crippen LogP contribution >= 0.6 is 11.6 Å². The van der Waals surface area contributed by atoms with Gasteiger partial charge >= 0.3 is 5.97 Å². The van der Waals surface area contributed by atoms with Crippen LogP contribution in [-0.2, 0) is 4.79 Å². The van der Waals surface area contributed by atoms with Crippen LogP contribution in [0.1, 0.15) is 49.4 Å². The predicted molar refractivity (Wildman–Crippen MR) is 83.5 cm³/mol. The molecule has 22 heavy (non-hydrogen) atoms. The second-order valence-corrected chi connectivity index (χ2v) is 5.87. The molecule has 1 unspecified atom stereocenters. The Morgan fingerprint density at radius 2 is 2.09 bits per heavy atom. The lowest BCUT2D eigenvalue weighted by atomic mass is 10.1. The minimum atomic E-state index is -1.06. The van der Waals surface area contributed by atoms with E-state index in [2.05, 4.69) is 5.32 Å². The summed E-state index contributed by atoms with van der Waals surface area (Å²) >= 11 is 5.96. The Hall–Kier alpha value is -1.75. The third-order valence-electron chi connectivity index (χ3n) is 3.79. The third kappa shape index (κ3) is 4.13. The maximum Gasteiger partial charge on any atom is 0.326 e. The lowest BCUT2D eigenvalue weighted by molar-refractivity contribution is -0.139. The standard InChI is InChI=1S/C16H20ClNO4/c1-2-13(16(20)21)18-15(19)12-9-10(17)7-8-14(12)22-11-5-3-4-6-11/h7-9,11,13H,2-6H2,1H3,(H,18,19)(H,20,21). The lowest BCUT2D eigenvalue weighted by Crippen LogP contribution is -2.40. The summed E-state index contributed by atoms with van der Waals surface area (Å²) < 4.78 is 5.89. The van der Waals surface area contributed by atoms with Crippen molar-refractivity contribution in [2.45, 2.75) is 51.2 Å². The highest BCUT2D eigenvalue weighted by molar-refractivity contribution is 6.31. The maximum absolute atomic E-state index is 12.4. The van der Waals surface area contributed by atoms with Gasteiger partial charge in [0.1, 0.15) is 11.8 Å². The molecule has 1 aliphatic carbocycles. The van der Waals surface area contributed by atoms with Crippen molar-refractivity contribution in [1.82, 2.24) is 5.32 Å². The highest BCUT2D eigenvalue weighted by Gasteiger charge is 2.23. The van der Waals surface area contributed by atoms with E-state index >= 15 is 0 Å². The Morgan fingerprint density at radius 1 is 1.41 bits per heavy atom. The number of nitrogens with one attached hydrogen (secondary N) is 1. The maximum atomic E-state index is 12.4. The van der Waals surface area contributed by atoms with Crippen LogP contribution < -0.4 is 10.1 Å². The Kier molecular flexibility index (Phi) is 5.66. The van der Waals surface area contributed by atoms with E-state index in [0.29, 0.717) is 17.2 Å². The fourth-order valence-corrected chi connectivity index (χ4v) is 2.71. The van der Waals surface area contributed by atoms with Crippen molar-refractivity contribution in [3.63, 3.8) is 0 Å². The summed E-state index contributed by atoms with van der Waals surface area (Å²) in [5, 5.41) is 12.0. The zero-order valence-electron chi connectivity index (χ0n) is 12.5. The number of amides is 1. The van der Waals surface area contributed by atoms with Crippen molar-refractivity contribution in [3.8, 4) is 5.75 Å². The van der Waals surface area contributed by atoms with Gasteiger partial charge in [-0.2, -0.15) is 0 Å². The summed E-state index contributed by atoms with van der Waals surface area (Å²) in [6.45, 7) is 1.70. The zero-order chi connectivity index (χ0) is 16.1. The molecule has 120 valence electrons. The van der Waals surface area contributed by atoms with E-state index < -0.39 is 17.9 Å². The molecular weight excluding hydrogens is 306 g/mol. The van der Waals surface area contributed by atoms with Gasteiger partial charge in [0, 0.05) is 5.02 Å². The van der Waals surface area contributed by atoms with Crippen molar-refractivity contribution in [2.75, 3.05) is 0 Å². The van der Waals surface area contributed by atoms with Gasteiger partial charge in [-0.05, 0) is 50.3 Å². The van der Waals surface area contributed by atoms with E-state index in [4.69, 9.17) is 21.4 Å². The second kappa shape index (κ2) is 7.49. The average Bonchev–Trinajstić information content (AvgIpc) is 2.99. The molecule has 1 aromatic carbocycles. The Morgan fingerprint density at radius 3 is 2.68 bits per heavy atom. The largest absolute Gasteiger partial charge is 0.490 e. The van der Waals surface area contributed by atoms with E-state index in [1.165, 1.54) is 6.07 Å². The second-order valence-electron chi connectivity index (χ2n) is 5.44. The number of hydrogen-bond donors (Lipinski definition) is 2. The minimum absolute atomic E-state index is 0.106. The van der Waals surface area contributed by atoms with E-state index in [0.717, 1.165) is 25.7 Å². The highest BCUT2D eigenvalue weighted by atomic mass is 35.5. The van der Waals surface area contributed by atoms with Crippen molar-refractivity contribution >= 4 is 23.5 Å². The van der Waals surface area contributed by atoms with Gasteiger partial charge in [0.05, 0.1) is 11.7 Å². The van der Waals surface area contributed by atoms with Gasteiger partial charge in [-0.15, -0.1) is 0 Å². The molecule has 0 bridgehead atoms. The van der Waals surface area contributed by atoms with Gasteiger partial charge in [0.25, 0.3) is 5.91 Å². The number of halogens is 1. The highest BCUT2D eigenvalue weighted by Crippen LogP contribution is 2.28. The topological polar surface area (TPSA) is 75.6 Å². The fraction of sp³-hybridized carbons (Fsp3) is 0.500. The molecule has 1 fully saturated rings. The number of rotatable bonds is 6. The minimum Gasteiger partial charge on any atom is -0.490 e. The van der Waals surface area contributed by atoms with Crippen molar-refractivity contribution in [1.29, 1.82) is 0 Å². The smallest absolute Gasteiger partial charge is 0.326 e. The van der Waals surface area contributed by atoms with Gasteiger partial charge in [0.2, 0.25) is 0 Å². The summed E-state index contributed by atoms with van der Waals surface area (Å²) in [4.78, 5) is 23.4. The summed E-state index contributed by atoms with van der Waals surface area (Å²) in [7, 11) is 0. The number of carbonyl (C=O) groups is 2. The van der Waals surface area contributed by atoms with E-state index in [-0.39, 0.29) is 11.7 Å². The third-order valence-corrected chi connectivity index (χ3v) is 4.03. The fourth-order valence-electron chi connectivity index (χ4n) is 2.54. The Labute approximate surface area is 134 Å². The monoisotopic (exact) mass is 325 g/mol. The van der Waals surface area contributed by atoms with Gasteiger partial charge in [-0.25, -0.2) is 4.79 Å². The number of hydrogen-bond acceptors (Lipinski definition) is 3. The normalized spacial score (nSPS) is 16.3. The number of aliphatic carboxylic acids is 1. The zero-order valence-corrected chi connectivity index (χ0v) is 13.2. The van der Waals surface area contributed by atoms with E-state index in [9.17, 15) is 9.59 Å². The van der Waals surface area contributed by atoms with Crippen LogP contribution in [0.2, 0.25) is 5.02 Å². The molecule has 1 saturated carbocycles. The number of carboxylic acid groups (broad SMARTS) is 1. The molecule has 1 aliphatic rings. The Bertz CT molecular complexity index is 555. The quantitative estimate of drug-likeness (QED) is 0.841. The van der Waals surface area contributed by atoms with E-state index in [1.807, 2.05) is 0 Å². The van der Waals surface area contributed by atoms with Gasteiger partial charge in [-0.3, -0.25) is 4.79 Å². The summed E-state index contributed by atoms with van der Waals surface area (Å²) in [6.07, 6.45) is 4.59. The molecule has 1 aromatic rings. The first-order valence-electron chi connectivity index (χ1n) is 7.51. The van der Waals surface area contributed by atoms with E-state index in [1.54, 1.807) is 19.1 Å². The van der Waals surface area contributed by atoms with Gasteiger partial charge in [-0.1, -0.05) is 18.5 Å². The van der Waals surface area contributed by atoms with Crippen LogP contribution in [0.15, 0.2) is 18.2 Å². The van der Waals surface area contributed by atoms with Gasteiger partial charge in [0.15, 0.2) is 0 Å². The first-order valence-corrected chi connectivity index (χ1v) is 7.89. The predicted octanol–water partition coefficient (Wildman–Crippen LogP) is 3.25. The average molecular weight is 326 g/mol. The molecule has 1 atom stereocenters. The van der Waals surface area contributed by atoms with Gasteiger partial charge < -0.3 is 15.2 Å². The first-order chi connectivity index (χ1) is 10.5. The SMILES string of the molecule is CCC(NC(=O)c1cc(Cl)ccc1OC1CCCC1)C(=O)O. The molecule has 0 saturated heterocycles. The molecule has 2 rings (SSSR count). The molecule has 2 N–H and O–H groups in total. The van der Waals surface area contributed by atoms with Crippen LogP contribution in [0.5, 0.6) is 5.75 Å². The number of ether oxygens (including phenoxy) is 1. The summed E-state index contributed by atoms with van der Waals surface area (Å²) in [5.41, 5.74) is 0.277. The molecule has 1 amide bonds. The van der Waals surface area contributed by atoms with Crippen LogP contribution in [0.3, 0.4) is 0 Å². The molecule has 0 heterocycles. The Balaban J connectivity index is 2.18. The number of benzene rings is 1. The molecule has 5 nitrogen and oxygen atoms in total. The van der Waals surface area contributed by atoms with Crippen molar-refractivity contribution in [3.05, 3.63) is 28.8 Å². The molecule has 6 heteroatoms. The molecule has 0 aliphatic heterocycles. The van der Waals surface area contributed by atoms with Crippen LogP contribution in [0.25, 0.3) is 0 Å². The number of carbonyl (C=O) groups excluding carboxylic acids is 1. The molecular formula is C16H20ClNO4. The van der Waals surface area contributed by atoms with Crippen LogP contribution in [-0.4, -0.2) is 29.1 Å². The van der Waals surface area contributed by atoms with Crippen molar-refractivity contribution < 1.29 is 19.4 Å². The summed E-state index contributed by atoms with van der Waals surface area (Å²) in [5.74, 6) is -1.09. The lowest BCUT2D eigenvalue weighted by Gasteiger charge is -2.18. The van der Waals surface area contributed by atoms with Crippen LogP contribution in [0, 0.1) is 0 Å². The van der Waals surface area contributed by atoms with Crippen LogP contribution in [0.4, 0.5) is 0 Å². The molecule has 0 spiro atoms. The van der Waals surface area contributed by atoms with Crippen molar-refractivity contribution in [2.24, 2.45) is 0 Å². The first kappa shape index (κ1) is 16.6. The molecule has 0 radical (unpaired) electrons. The molecule has 0 aromatic heterocycles. The summed E-state index contributed by atoms with van der Waals surface area (Å²) in [6, 6.07) is 3.91. The number of carboxylic acids is 1.